The summed E-state index contributed by atoms with van der Waals surface area (Å²) in [5.74, 6) is 0.355. The number of fused-ring (bicyclic) bond motifs is 1. The molecular formula is C14H25N3O. The Hall–Kier alpha value is -0.610. The zero-order chi connectivity index (χ0) is 12.5. The molecule has 0 bridgehead atoms. The van der Waals surface area contributed by atoms with Gasteiger partial charge in [0.15, 0.2) is 0 Å². The molecule has 0 spiro atoms. The average molecular weight is 251 g/mol. The second-order valence-electron chi connectivity index (χ2n) is 6.17. The van der Waals surface area contributed by atoms with Crippen LogP contribution in [0.3, 0.4) is 0 Å². The number of amides is 1. The van der Waals surface area contributed by atoms with E-state index in [1.54, 1.807) is 0 Å². The summed E-state index contributed by atoms with van der Waals surface area (Å²) >= 11 is 0. The number of nitrogens with zero attached hydrogens (tertiary/aromatic N) is 2. The van der Waals surface area contributed by atoms with Crippen LogP contribution in [0, 0.1) is 0 Å². The fourth-order valence-corrected chi connectivity index (χ4v) is 3.74. The quantitative estimate of drug-likeness (QED) is 0.749. The fraction of sp³-hybridized carbons (Fsp3) is 0.929. The summed E-state index contributed by atoms with van der Waals surface area (Å²) in [5.41, 5.74) is 0. The number of hydrogen-bond acceptors (Lipinski definition) is 3. The summed E-state index contributed by atoms with van der Waals surface area (Å²) in [6.45, 7) is 6.41. The highest BCUT2D eigenvalue weighted by Gasteiger charge is 2.35. The Morgan fingerprint density at radius 3 is 2.83 bits per heavy atom. The monoisotopic (exact) mass is 251 g/mol. The maximum atomic E-state index is 12.5. The third-order valence-electron chi connectivity index (χ3n) is 4.81. The molecule has 1 amide bonds. The molecule has 0 aromatic rings. The molecule has 0 aromatic carbocycles. The first-order chi connectivity index (χ1) is 8.74. The summed E-state index contributed by atoms with van der Waals surface area (Å²) in [4.78, 5) is 17.2. The minimum absolute atomic E-state index is 0.0849. The van der Waals surface area contributed by atoms with E-state index in [2.05, 4.69) is 22.0 Å². The van der Waals surface area contributed by atoms with Gasteiger partial charge in [0.1, 0.15) is 0 Å². The molecule has 3 heterocycles. The molecule has 102 valence electrons. The second-order valence-corrected chi connectivity index (χ2v) is 6.17. The molecule has 18 heavy (non-hydrogen) atoms. The van der Waals surface area contributed by atoms with Gasteiger partial charge < -0.3 is 10.2 Å². The van der Waals surface area contributed by atoms with Gasteiger partial charge in [-0.2, -0.15) is 0 Å². The summed E-state index contributed by atoms with van der Waals surface area (Å²) in [6.07, 6.45) is 6.01. The minimum Gasteiger partial charge on any atom is -0.338 e. The van der Waals surface area contributed by atoms with Crippen molar-refractivity contribution in [3.05, 3.63) is 0 Å². The summed E-state index contributed by atoms with van der Waals surface area (Å²) < 4.78 is 0. The maximum Gasteiger partial charge on any atom is 0.239 e. The number of piperidine rings is 1. The van der Waals surface area contributed by atoms with Gasteiger partial charge in [-0.1, -0.05) is 0 Å². The second kappa shape index (κ2) is 5.17. The first-order valence-electron chi connectivity index (χ1n) is 7.53. The molecule has 4 nitrogen and oxygen atoms in total. The first-order valence-corrected chi connectivity index (χ1v) is 7.53. The van der Waals surface area contributed by atoms with Gasteiger partial charge in [-0.3, -0.25) is 9.69 Å². The summed E-state index contributed by atoms with van der Waals surface area (Å²) in [5, 5.41) is 3.47. The van der Waals surface area contributed by atoms with Crippen LogP contribution in [0.4, 0.5) is 0 Å². The van der Waals surface area contributed by atoms with E-state index < -0.39 is 0 Å². The lowest BCUT2D eigenvalue weighted by molar-refractivity contribution is -0.137. The first kappa shape index (κ1) is 12.4. The zero-order valence-corrected chi connectivity index (χ0v) is 11.4. The molecule has 1 N–H and O–H groups in total. The van der Waals surface area contributed by atoms with Crippen LogP contribution in [0.25, 0.3) is 0 Å². The van der Waals surface area contributed by atoms with Crippen LogP contribution in [0.2, 0.25) is 0 Å². The molecule has 0 aromatic heterocycles. The largest absolute Gasteiger partial charge is 0.338 e. The third kappa shape index (κ3) is 2.41. The average Bonchev–Trinajstić information content (AvgIpc) is 2.85. The molecule has 0 radical (unpaired) electrons. The van der Waals surface area contributed by atoms with Crippen LogP contribution in [0.15, 0.2) is 0 Å². The number of hydrogen-bond donors (Lipinski definition) is 1. The van der Waals surface area contributed by atoms with E-state index in [0.29, 0.717) is 18.0 Å². The van der Waals surface area contributed by atoms with Crippen molar-refractivity contribution in [3.8, 4) is 0 Å². The lowest BCUT2D eigenvalue weighted by atomic mass is 9.98. The predicted octanol–water partition coefficient (Wildman–Crippen LogP) is 0.824. The van der Waals surface area contributed by atoms with Crippen molar-refractivity contribution in [2.75, 3.05) is 26.2 Å². The molecule has 4 heteroatoms. The molecule has 0 aliphatic carbocycles. The molecule has 3 atom stereocenters. The van der Waals surface area contributed by atoms with Crippen LogP contribution < -0.4 is 5.32 Å². The standard InChI is InChI=1S/C14H25N3O/c1-11-4-2-6-13(15-11)14(18)17-9-8-16-7-3-5-12(16)10-17/h11-13,15H,2-10H2,1H3. The van der Waals surface area contributed by atoms with Gasteiger partial charge in [-0.05, 0) is 45.6 Å². The van der Waals surface area contributed by atoms with Crippen molar-refractivity contribution < 1.29 is 4.79 Å². The smallest absolute Gasteiger partial charge is 0.239 e. The van der Waals surface area contributed by atoms with E-state index in [1.165, 1.54) is 32.2 Å². The lowest BCUT2D eigenvalue weighted by Gasteiger charge is -2.40. The van der Waals surface area contributed by atoms with Crippen LogP contribution in [-0.4, -0.2) is 60.0 Å². The highest BCUT2D eigenvalue weighted by atomic mass is 16.2. The van der Waals surface area contributed by atoms with Gasteiger partial charge >= 0.3 is 0 Å². The molecule has 3 rings (SSSR count). The van der Waals surface area contributed by atoms with Crippen molar-refractivity contribution >= 4 is 5.91 Å². The number of carbonyl (C=O) groups excluding carboxylic acids is 1. The Morgan fingerprint density at radius 2 is 2.00 bits per heavy atom. The molecule has 3 fully saturated rings. The van der Waals surface area contributed by atoms with Gasteiger partial charge in [0.2, 0.25) is 5.91 Å². The van der Waals surface area contributed by atoms with E-state index in [9.17, 15) is 4.79 Å². The van der Waals surface area contributed by atoms with Gasteiger partial charge in [0.25, 0.3) is 0 Å². The molecule has 3 unspecified atom stereocenters. The van der Waals surface area contributed by atoms with Gasteiger partial charge in [-0.25, -0.2) is 0 Å². The van der Waals surface area contributed by atoms with Gasteiger partial charge in [-0.15, -0.1) is 0 Å². The predicted molar refractivity (Wildman–Crippen MR) is 71.4 cm³/mol. The molecule has 3 aliphatic rings. The molecular weight excluding hydrogens is 226 g/mol. The van der Waals surface area contributed by atoms with Gasteiger partial charge in [0, 0.05) is 31.7 Å². The normalized spacial score (nSPS) is 37.6. The zero-order valence-electron chi connectivity index (χ0n) is 11.4. The minimum atomic E-state index is 0.0849. The number of carbonyl (C=O) groups is 1. The number of nitrogens with one attached hydrogen (secondary N) is 1. The summed E-state index contributed by atoms with van der Waals surface area (Å²) in [7, 11) is 0. The van der Waals surface area contributed by atoms with Crippen LogP contribution in [0.5, 0.6) is 0 Å². The Morgan fingerprint density at radius 1 is 1.11 bits per heavy atom. The van der Waals surface area contributed by atoms with Crippen molar-refractivity contribution in [1.29, 1.82) is 0 Å². The lowest BCUT2D eigenvalue weighted by Crippen LogP contribution is -2.58. The topological polar surface area (TPSA) is 35.6 Å². The van der Waals surface area contributed by atoms with E-state index in [1.807, 2.05) is 0 Å². The fourth-order valence-electron chi connectivity index (χ4n) is 3.74. The Labute approximate surface area is 110 Å². The third-order valence-corrected chi connectivity index (χ3v) is 4.81. The Kier molecular flexibility index (Phi) is 3.57. The maximum absolute atomic E-state index is 12.5. The highest BCUT2D eigenvalue weighted by molar-refractivity contribution is 5.82. The van der Waals surface area contributed by atoms with Gasteiger partial charge in [0.05, 0.1) is 6.04 Å². The van der Waals surface area contributed by atoms with Crippen molar-refractivity contribution in [1.82, 2.24) is 15.1 Å². The van der Waals surface area contributed by atoms with Crippen LogP contribution >= 0.6 is 0 Å². The van der Waals surface area contributed by atoms with E-state index in [-0.39, 0.29) is 6.04 Å². The van der Waals surface area contributed by atoms with Crippen molar-refractivity contribution in [2.45, 2.75) is 57.2 Å². The highest BCUT2D eigenvalue weighted by Crippen LogP contribution is 2.23. The Bertz CT molecular complexity index is 320. The molecule has 3 aliphatic heterocycles. The summed E-state index contributed by atoms with van der Waals surface area (Å²) in [6, 6.07) is 1.23. The number of piperazine rings is 1. The molecule has 0 saturated carbocycles. The van der Waals surface area contributed by atoms with Crippen molar-refractivity contribution in [3.63, 3.8) is 0 Å². The number of rotatable bonds is 1. The van der Waals surface area contributed by atoms with E-state index in [0.717, 1.165) is 26.1 Å². The van der Waals surface area contributed by atoms with E-state index in [4.69, 9.17) is 0 Å². The van der Waals surface area contributed by atoms with Crippen molar-refractivity contribution in [2.24, 2.45) is 0 Å². The van der Waals surface area contributed by atoms with E-state index >= 15 is 0 Å². The van der Waals surface area contributed by atoms with Crippen LogP contribution in [0.1, 0.15) is 39.0 Å². The van der Waals surface area contributed by atoms with Crippen LogP contribution in [-0.2, 0) is 4.79 Å². The Balaban J connectivity index is 1.59. The molecule has 3 saturated heterocycles. The SMILES string of the molecule is CC1CCCC(C(=O)N2CCN3CCCC3C2)N1.